The van der Waals surface area contributed by atoms with E-state index in [-0.39, 0.29) is 11.8 Å². The molecular weight excluding hydrogens is 306 g/mol. The highest BCUT2D eigenvalue weighted by molar-refractivity contribution is 5.80. The Balaban J connectivity index is 1.63. The third-order valence-corrected chi connectivity index (χ3v) is 4.28. The predicted molar refractivity (Wildman–Crippen MR) is 89.1 cm³/mol. The molecular formula is C16H21N7O. The van der Waals surface area contributed by atoms with Crippen LogP contribution in [0.1, 0.15) is 26.3 Å². The Morgan fingerprint density at radius 2 is 2.12 bits per heavy atom. The van der Waals surface area contributed by atoms with Crippen molar-refractivity contribution in [2.75, 3.05) is 6.54 Å². The fourth-order valence-corrected chi connectivity index (χ4v) is 2.75. The number of nitrogens with one attached hydrogen (secondary N) is 1. The van der Waals surface area contributed by atoms with E-state index < -0.39 is 6.04 Å². The maximum absolute atomic E-state index is 12.6. The number of para-hydroxylation sites is 2. The van der Waals surface area contributed by atoms with E-state index in [1.807, 2.05) is 42.7 Å². The van der Waals surface area contributed by atoms with Crippen molar-refractivity contribution < 1.29 is 4.79 Å². The molecule has 0 unspecified atom stereocenters. The summed E-state index contributed by atoms with van der Waals surface area (Å²) < 4.78 is 3.56. The Kier molecular flexibility index (Phi) is 4.83. The van der Waals surface area contributed by atoms with Crippen LogP contribution in [0.25, 0.3) is 11.0 Å². The van der Waals surface area contributed by atoms with E-state index in [4.69, 9.17) is 0 Å². The van der Waals surface area contributed by atoms with Gasteiger partial charge >= 0.3 is 0 Å². The van der Waals surface area contributed by atoms with Crippen molar-refractivity contribution in [1.82, 2.24) is 35.1 Å². The van der Waals surface area contributed by atoms with E-state index in [0.717, 1.165) is 17.5 Å². The molecule has 0 aliphatic rings. The molecule has 2 atom stereocenters. The number of nitrogens with zero attached hydrogens (tertiary/aromatic N) is 6. The van der Waals surface area contributed by atoms with Gasteiger partial charge in [0.15, 0.2) is 0 Å². The minimum Gasteiger partial charge on any atom is -0.352 e. The van der Waals surface area contributed by atoms with Crippen LogP contribution in [0.4, 0.5) is 0 Å². The van der Waals surface area contributed by atoms with Crippen molar-refractivity contribution in [3.8, 4) is 0 Å². The lowest BCUT2D eigenvalue weighted by Gasteiger charge is -2.21. The molecule has 2 heterocycles. The van der Waals surface area contributed by atoms with Gasteiger partial charge in [0.05, 0.1) is 17.4 Å². The molecule has 126 valence electrons. The highest BCUT2D eigenvalue weighted by Crippen LogP contribution is 2.19. The molecule has 1 N–H and O–H groups in total. The average molecular weight is 327 g/mol. The summed E-state index contributed by atoms with van der Waals surface area (Å²) in [6.45, 7) is 5.26. The highest BCUT2D eigenvalue weighted by Gasteiger charge is 2.26. The van der Waals surface area contributed by atoms with E-state index in [1.54, 1.807) is 6.33 Å². The number of rotatable bonds is 7. The molecule has 0 aliphatic carbocycles. The SMILES string of the molecule is CC[C@H](C)[C@@H](C(=O)NCCn1cnc2ccccc21)n1cnnn1. The summed E-state index contributed by atoms with van der Waals surface area (Å²) in [5.74, 6) is 0.0728. The van der Waals surface area contributed by atoms with Crippen molar-refractivity contribution >= 4 is 16.9 Å². The van der Waals surface area contributed by atoms with Gasteiger partial charge in [-0.2, -0.15) is 0 Å². The number of benzene rings is 1. The molecule has 3 rings (SSSR count). The molecule has 0 spiro atoms. The number of aromatic nitrogens is 6. The smallest absolute Gasteiger partial charge is 0.245 e. The van der Waals surface area contributed by atoms with Crippen LogP contribution < -0.4 is 5.32 Å². The summed E-state index contributed by atoms with van der Waals surface area (Å²) in [6.07, 6.45) is 4.15. The van der Waals surface area contributed by atoms with Gasteiger partial charge in [0.2, 0.25) is 5.91 Å². The second-order valence-electron chi connectivity index (χ2n) is 5.84. The van der Waals surface area contributed by atoms with Gasteiger partial charge in [-0.1, -0.05) is 32.4 Å². The Morgan fingerprint density at radius 3 is 2.88 bits per heavy atom. The first-order valence-corrected chi connectivity index (χ1v) is 8.10. The largest absolute Gasteiger partial charge is 0.352 e. The average Bonchev–Trinajstić information content (AvgIpc) is 3.25. The maximum Gasteiger partial charge on any atom is 0.245 e. The minimum absolute atomic E-state index is 0.0685. The molecule has 1 aromatic carbocycles. The summed E-state index contributed by atoms with van der Waals surface area (Å²) in [6, 6.07) is 7.54. The summed E-state index contributed by atoms with van der Waals surface area (Å²) in [7, 11) is 0. The van der Waals surface area contributed by atoms with E-state index in [9.17, 15) is 4.79 Å². The normalized spacial score (nSPS) is 13.8. The Morgan fingerprint density at radius 1 is 1.29 bits per heavy atom. The van der Waals surface area contributed by atoms with Crippen LogP contribution in [0.3, 0.4) is 0 Å². The molecule has 0 fully saturated rings. The second-order valence-corrected chi connectivity index (χ2v) is 5.84. The van der Waals surface area contributed by atoms with Gasteiger partial charge in [0.1, 0.15) is 12.4 Å². The molecule has 0 saturated carbocycles. The van der Waals surface area contributed by atoms with Crippen molar-refractivity contribution in [2.24, 2.45) is 5.92 Å². The van der Waals surface area contributed by atoms with E-state index in [0.29, 0.717) is 13.1 Å². The third-order valence-electron chi connectivity index (χ3n) is 4.28. The molecule has 1 amide bonds. The standard InChI is InChI=1S/C16H21N7O/c1-3-12(2)15(23-11-19-20-21-23)16(24)17-8-9-22-10-18-13-6-4-5-7-14(13)22/h4-7,10-12,15H,3,8-9H2,1-2H3,(H,17,24)/t12-,15-/m0/s1. The Hall–Kier alpha value is -2.77. The van der Waals surface area contributed by atoms with Gasteiger partial charge in [-0.05, 0) is 28.5 Å². The number of carbonyl (C=O) groups is 1. The number of imidazole rings is 1. The van der Waals surface area contributed by atoms with Crippen LogP contribution in [0.5, 0.6) is 0 Å². The van der Waals surface area contributed by atoms with Crippen LogP contribution in [-0.2, 0) is 11.3 Å². The Bertz CT molecular complexity index is 796. The van der Waals surface area contributed by atoms with Crippen molar-refractivity contribution in [3.05, 3.63) is 36.9 Å². The lowest BCUT2D eigenvalue weighted by molar-refractivity contribution is -0.126. The predicted octanol–water partition coefficient (Wildman–Crippen LogP) is 1.43. The molecule has 0 radical (unpaired) electrons. The summed E-state index contributed by atoms with van der Waals surface area (Å²) in [5, 5.41) is 14.1. The number of carbonyl (C=O) groups excluding carboxylic acids is 1. The lowest BCUT2D eigenvalue weighted by Crippen LogP contribution is -2.37. The van der Waals surface area contributed by atoms with Crippen LogP contribution in [-0.4, -0.2) is 42.2 Å². The molecule has 0 saturated heterocycles. The van der Waals surface area contributed by atoms with Crippen LogP contribution in [0.15, 0.2) is 36.9 Å². The third kappa shape index (κ3) is 3.27. The first-order chi connectivity index (χ1) is 11.7. The number of amides is 1. The first kappa shape index (κ1) is 16.1. The Labute approximate surface area is 139 Å². The molecule has 2 aromatic heterocycles. The van der Waals surface area contributed by atoms with Crippen molar-refractivity contribution in [1.29, 1.82) is 0 Å². The van der Waals surface area contributed by atoms with E-state index in [1.165, 1.54) is 11.0 Å². The zero-order chi connectivity index (χ0) is 16.9. The fraction of sp³-hybridized carbons (Fsp3) is 0.438. The number of hydrogen-bond acceptors (Lipinski definition) is 5. The van der Waals surface area contributed by atoms with Crippen LogP contribution in [0.2, 0.25) is 0 Å². The lowest BCUT2D eigenvalue weighted by atomic mass is 9.98. The van der Waals surface area contributed by atoms with Gasteiger partial charge in [-0.25, -0.2) is 9.67 Å². The second kappa shape index (κ2) is 7.20. The van der Waals surface area contributed by atoms with Crippen LogP contribution in [0, 0.1) is 5.92 Å². The zero-order valence-corrected chi connectivity index (χ0v) is 13.8. The molecule has 8 nitrogen and oxygen atoms in total. The van der Waals surface area contributed by atoms with Gasteiger partial charge in [-0.15, -0.1) is 5.10 Å². The van der Waals surface area contributed by atoms with Crippen molar-refractivity contribution in [2.45, 2.75) is 32.9 Å². The maximum atomic E-state index is 12.6. The first-order valence-electron chi connectivity index (χ1n) is 8.10. The molecule has 0 aliphatic heterocycles. The summed E-state index contributed by atoms with van der Waals surface area (Å²) in [4.78, 5) is 16.9. The molecule has 0 bridgehead atoms. The van der Waals surface area contributed by atoms with Gasteiger partial charge < -0.3 is 9.88 Å². The zero-order valence-electron chi connectivity index (χ0n) is 13.8. The topological polar surface area (TPSA) is 90.5 Å². The van der Waals surface area contributed by atoms with Crippen LogP contribution >= 0.6 is 0 Å². The van der Waals surface area contributed by atoms with Gasteiger partial charge in [-0.3, -0.25) is 4.79 Å². The number of tetrazole rings is 1. The van der Waals surface area contributed by atoms with E-state index >= 15 is 0 Å². The summed E-state index contributed by atoms with van der Waals surface area (Å²) >= 11 is 0. The molecule has 24 heavy (non-hydrogen) atoms. The highest BCUT2D eigenvalue weighted by atomic mass is 16.2. The van der Waals surface area contributed by atoms with Crippen molar-refractivity contribution in [3.63, 3.8) is 0 Å². The molecule has 3 aromatic rings. The monoisotopic (exact) mass is 327 g/mol. The number of hydrogen-bond donors (Lipinski definition) is 1. The number of fused-ring (bicyclic) bond motifs is 1. The minimum atomic E-state index is -0.399. The van der Waals surface area contributed by atoms with Gasteiger partial charge in [0, 0.05) is 13.1 Å². The summed E-state index contributed by atoms with van der Waals surface area (Å²) in [5.41, 5.74) is 2.01. The molecule has 8 heteroatoms. The van der Waals surface area contributed by atoms with Gasteiger partial charge in [0.25, 0.3) is 0 Å². The fourth-order valence-electron chi connectivity index (χ4n) is 2.75. The quantitative estimate of drug-likeness (QED) is 0.709. The van der Waals surface area contributed by atoms with E-state index in [2.05, 4.69) is 25.8 Å².